The van der Waals surface area contributed by atoms with Crippen LogP contribution in [0.25, 0.3) is 27.6 Å². The Balaban J connectivity index is 1.72. The van der Waals surface area contributed by atoms with E-state index in [1.165, 1.54) is 16.9 Å². The molecule has 1 aliphatic rings. The van der Waals surface area contributed by atoms with Crippen molar-refractivity contribution >= 4 is 56.3 Å². The van der Waals surface area contributed by atoms with E-state index >= 15 is 0 Å². The minimum atomic E-state index is -0.0755. The van der Waals surface area contributed by atoms with Crippen molar-refractivity contribution in [2.45, 2.75) is 26.3 Å². The first-order valence-corrected chi connectivity index (χ1v) is 10.6. The maximum Gasteiger partial charge on any atom is 0.274 e. The van der Waals surface area contributed by atoms with Crippen LogP contribution < -0.4 is 15.0 Å². The molecule has 2 aromatic carbocycles. The van der Waals surface area contributed by atoms with E-state index in [-0.39, 0.29) is 11.1 Å². The van der Waals surface area contributed by atoms with Gasteiger partial charge in [0, 0.05) is 23.3 Å². The number of halogens is 1. The van der Waals surface area contributed by atoms with Crippen LogP contribution in [0.2, 0.25) is 5.02 Å². The fraction of sp³-hybridized carbons (Fsp3) is 0.217. The highest BCUT2D eigenvalue weighted by Crippen LogP contribution is 2.40. The van der Waals surface area contributed by atoms with E-state index in [9.17, 15) is 4.79 Å². The number of likely N-dealkylation sites (N-methyl/N-ethyl adjacent to an activating group) is 1. The molecule has 0 amide bonds. The molecule has 0 unspecified atom stereocenters. The zero-order chi connectivity index (χ0) is 20.5. The standard InChI is InChI=1S/C23H20ClN3OS/c1-13-12-23(2,3)26(4)19-11-16(24)14(9-15(13)19)10-20-21(28)27-18-8-6-5-7-17(18)25-22(27)29-20/h5-12H,1-4H3/b20-10-. The Bertz CT molecular complexity index is 1440. The average Bonchev–Trinajstić information content (AvgIpc) is 3.17. The van der Waals surface area contributed by atoms with Crippen molar-refractivity contribution < 1.29 is 0 Å². The summed E-state index contributed by atoms with van der Waals surface area (Å²) in [5.74, 6) is 0. The highest BCUT2D eigenvalue weighted by Gasteiger charge is 2.29. The number of fused-ring (bicyclic) bond motifs is 4. The molecule has 0 bridgehead atoms. The summed E-state index contributed by atoms with van der Waals surface area (Å²) in [7, 11) is 2.08. The molecule has 4 nitrogen and oxygen atoms in total. The molecule has 29 heavy (non-hydrogen) atoms. The second-order valence-electron chi connectivity index (χ2n) is 8.07. The molecule has 4 aromatic rings. The number of rotatable bonds is 1. The van der Waals surface area contributed by atoms with Gasteiger partial charge in [-0.15, -0.1) is 0 Å². The summed E-state index contributed by atoms with van der Waals surface area (Å²) in [4.78, 5) is 20.6. The number of hydrogen-bond acceptors (Lipinski definition) is 4. The molecule has 0 fully saturated rings. The molecule has 1 aliphatic heterocycles. The summed E-state index contributed by atoms with van der Waals surface area (Å²) in [6.45, 7) is 6.49. The van der Waals surface area contributed by atoms with E-state index in [1.54, 1.807) is 4.40 Å². The Morgan fingerprint density at radius 2 is 1.97 bits per heavy atom. The van der Waals surface area contributed by atoms with Crippen molar-refractivity contribution in [1.29, 1.82) is 0 Å². The Kier molecular flexibility index (Phi) is 3.92. The highest BCUT2D eigenvalue weighted by atomic mass is 35.5. The largest absolute Gasteiger partial charge is 0.365 e. The number of allylic oxidation sites excluding steroid dienone is 1. The van der Waals surface area contributed by atoms with Gasteiger partial charge in [-0.25, -0.2) is 9.38 Å². The summed E-state index contributed by atoms with van der Waals surface area (Å²) in [5, 5.41) is 0.636. The van der Waals surface area contributed by atoms with Crippen LogP contribution in [0.15, 0.2) is 47.3 Å². The number of nitrogens with zero attached hydrogens (tertiary/aromatic N) is 3. The Hall–Kier alpha value is -2.63. The second-order valence-corrected chi connectivity index (χ2v) is 9.48. The van der Waals surface area contributed by atoms with Crippen molar-refractivity contribution in [2.24, 2.45) is 0 Å². The number of para-hydroxylation sites is 2. The molecule has 0 saturated carbocycles. The van der Waals surface area contributed by atoms with Crippen LogP contribution in [0, 0.1) is 0 Å². The van der Waals surface area contributed by atoms with Crippen molar-refractivity contribution in [3.8, 4) is 0 Å². The Morgan fingerprint density at radius 3 is 2.76 bits per heavy atom. The SMILES string of the molecule is CC1=CC(C)(C)N(C)c2cc(Cl)c(/C=c3\sc4nc5ccccc5n4c3=O)cc21. The van der Waals surface area contributed by atoms with E-state index in [0.717, 1.165) is 27.8 Å². The van der Waals surface area contributed by atoms with Gasteiger partial charge in [0.2, 0.25) is 0 Å². The van der Waals surface area contributed by atoms with Crippen molar-refractivity contribution in [1.82, 2.24) is 9.38 Å². The van der Waals surface area contributed by atoms with Gasteiger partial charge in [-0.05, 0) is 62.2 Å². The van der Waals surface area contributed by atoms with Gasteiger partial charge in [-0.2, -0.15) is 0 Å². The molecule has 0 N–H and O–H groups in total. The van der Waals surface area contributed by atoms with Crippen LogP contribution in [-0.4, -0.2) is 22.0 Å². The van der Waals surface area contributed by atoms with E-state index in [1.807, 2.05) is 36.4 Å². The normalized spacial score (nSPS) is 16.5. The molecule has 6 heteroatoms. The van der Waals surface area contributed by atoms with Gasteiger partial charge in [0.25, 0.3) is 5.56 Å². The van der Waals surface area contributed by atoms with Gasteiger partial charge in [0.15, 0.2) is 4.96 Å². The van der Waals surface area contributed by atoms with Gasteiger partial charge in [-0.3, -0.25) is 4.79 Å². The lowest BCUT2D eigenvalue weighted by Crippen LogP contribution is -2.42. The molecule has 2 aromatic heterocycles. The van der Waals surface area contributed by atoms with Crippen LogP contribution in [0.3, 0.4) is 0 Å². The van der Waals surface area contributed by atoms with Gasteiger partial charge >= 0.3 is 0 Å². The minimum Gasteiger partial charge on any atom is -0.365 e. The summed E-state index contributed by atoms with van der Waals surface area (Å²) >= 11 is 8.03. The number of anilines is 1. The van der Waals surface area contributed by atoms with Gasteiger partial charge in [0.1, 0.15) is 0 Å². The molecule has 0 spiro atoms. The maximum atomic E-state index is 13.0. The van der Waals surface area contributed by atoms with E-state index in [2.05, 4.69) is 49.8 Å². The highest BCUT2D eigenvalue weighted by molar-refractivity contribution is 7.15. The number of imidazole rings is 1. The predicted octanol–water partition coefficient (Wildman–Crippen LogP) is 4.74. The molecular formula is C23H20ClN3OS. The lowest BCUT2D eigenvalue weighted by atomic mass is 9.88. The third-order valence-corrected chi connectivity index (χ3v) is 7.06. The van der Waals surface area contributed by atoms with Crippen LogP contribution in [0.5, 0.6) is 0 Å². The Morgan fingerprint density at radius 1 is 1.21 bits per heavy atom. The lowest BCUT2D eigenvalue weighted by molar-refractivity contribution is 0.598. The summed E-state index contributed by atoms with van der Waals surface area (Å²) < 4.78 is 2.31. The third kappa shape index (κ3) is 2.72. The monoisotopic (exact) mass is 421 g/mol. The van der Waals surface area contributed by atoms with Gasteiger partial charge in [-0.1, -0.05) is 41.1 Å². The van der Waals surface area contributed by atoms with Gasteiger partial charge in [0.05, 0.1) is 21.1 Å². The summed E-state index contributed by atoms with van der Waals surface area (Å²) in [6, 6.07) is 11.8. The number of hydrogen-bond donors (Lipinski definition) is 0. The van der Waals surface area contributed by atoms with Crippen LogP contribution >= 0.6 is 22.9 Å². The first-order chi connectivity index (χ1) is 13.8. The van der Waals surface area contributed by atoms with E-state index in [0.29, 0.717) is 14.5 Å². The third-order valence-electron chi connectivity index (χ3n) is 5.77. The lowest BCUT2D eigenvalue weighted by Gasteiger charge is -2.40. The topological polar surface area (TPSA) is 37.6 Å². The molecule has 0 aliphatic carbocycles. The van der Waals surface area contributed by atoms with Crippen LogP contribution in [0.4, 0.5) is 5.69 Å². The average molecular weight is 422 g/mol. The molecule has 0 saturated heterocycles. The molecule has 3 heterocycles. The van der Waals surface area contributed by atoms with E-state index < -0.39 is 0 Å². The first kappa shape index (κ1) is 18.4. The van der Waals surface area contributed by atoms with Gasteiger partial charge < -0.3 is 4.90 Å². The fourth-order valence-electron chi connectivity index (χ4n) is 4.05. The second kappa shape index (κ2) is 6.18. The molecule has 5 rings (SSSR count). The number of benzene rings is 2. The van der Waals surface area contributed by atoms with Crippen molar-refractivity contribution in [2.75, 3.05) is 11.9 Å². The first-order valence-electron chi connectivity index (χ1n) is 9.45. The molecular weight excluding hydrogens is 402 g/mol. The van der Waals surface area contributed by atoms with Crippen molar-refractivity contribution in [3.05, 3.63) is 73.5 Å². The maximum absolute atomic E-state index is 13.0. The number of aromatic nitrogens is 2. The van der Waals surface area contributed by atoms with E-state index in [4.69, 9.17) is 11.6 Å². The van der Waals surface area contributed by atoms with Crippen molar-refractivity contribution in [3.63, 3.8) is 0 Å². The summed E-state index contributed by atoms with van der Waals surface area (Å²) in [6.07, 6.45) is 4.14. The minimum absolute atomic E-state index is 0.0574. The Labute approximate surface area is 177 Å². The predicted molar refractivity (Wildman–Crippen MR) is 123 cm³/mol. The quantitative estimate of drug-likeness (QED) is 0.445. The molecule has 0 atom stereocenters. The zero-order valence-electron chi connectivity index (χ0n) is 16.7. The zero-order valence-corrected chi connectivity index (χ0v) is 18.2. The van der Waals surface area contributed by atoms with Crippen LogP contribution in [-0.2, 0) is 0 Å². The fourth-order valence-corrected chi connectivity index (χ4v) is 5.24. The molecule has 0 radical (unpaired) electrons. The summed E-state index contributed by atoms with van der Waals surface area (Å²) in [5.41, 5.74) is 5.84. The number of thiazole rings is 1. The molecule has 146 valence electrons. The van der Waals surface area contributed by atoms with Crippen LogP contribution in [0.1, 0.15) is 31.9 Å². The smallest absolute Gasteiger partial charge is 0.274 e.